The number of amides is 3. The topological polar surface area (TPSA) is 106 Å². The third kappa shape index (κ3) is 6.14. The second kappa shape index (κ2) is 9.87. The highest BCUT2D eigenvalue weighted by molar-refractivity contribution is 6.00. The molecule has 160 valence electrons. The van der Waals surface area contributed by atoms with Gasteiger partial charge in [0.2, 0.25) is 11.8 Å². The summed E-state index contributed by atoms with van der Waals surface area (Å²) in [6.07, 6.45) is 0. The van der Waals surface area contributed by atoms with E-state index in [9.17, 15) is 14.4 Å². The number of hydrogen-bond donors (Lipinski definition) is 2. The number of carbonyl (C=O) groups is 3. The van der Waals surface area contributed by atoms with Crippen molar-refractivity contribution in [3.05, 3.63) is 59.2 Å². The van der Waals surface area contributed by atoms with Gasteiger partial charge in [0.1, 0.15) is 0 Å². The largest absolute Gasteiger partial charge is 0.336 e. The van der Waals surface area contributed by atoms with Crippen molar-refractivity contribution in [2.75, 3.05) is 36.8 Å². The molecular weight excluding hydrogens is 394 g/mol. The van der Waals surface area contributed by atoms with Crippen molar-refractivity contribution >= 4 is 29.1 Å². The summed E-state index contributed by atoms with van der Waals surface area (Å²) in [6, 6.07) is 14.5. The number of carbonyl (C=O) groups excluding carboxylic acids is 3. The lowest BCUT2D eigenvalue weighted by Gasteiger charge is -2.35. The molecule has 31 heavy (non-hydrogen) atoms. The summed E-state index contributed by atoms with van der Waals surface area (Å²) in [5.41, 5.74) is 3.10. The summed E-state index contributed by atoms with van der Waals surface area (Å²) in [7, 11) is 0. The Kier molecular flexibility index (Phi) is 7.00. The van der Waals surface area contributed by atoms with E-state index in [0.717, 1.165) is 25.2 Å². The van der Waals surface area contributed by atoms with Gasteiger partial charge in [0.15, 0.2) is 0 Å². The summed E-state index contributed by atoms with van der Waals surface area (Å²) in [5, 5.41) is 14.2. The molecule has 1 aliphatic rings. The van der Waals surface area contributed by atoms with Crippen molar-refractivity contribution in [3.8, 4) is 6.07 Å². The molecule has 3 amide bonds. The highest BCUT2D eigenvalue weighted by atomic mass is 16.2. The van der Waals surface area contributed by atoms with Crippen LogP contribution in [0.3, 0.4) is 0 Å². The minimum atomic E-state index is -0.255. The van der Waals surface area contributed by atoms with E-state index in [0.29, 0.717) is 35.6 Å². The number of nitriles is 1. The predicted molar refractivity (Wildman–Crippen MR) is 117 cm³/mol. The van der Waals surface area contributed by atoms with Gasteiger partial charge in [-0.1, -0.05) is 12.1 Å². The van der Waals surface area contributed by atoms with Gasteiger partial charge in [0.05, 0.1) is 11.6 Å². The van der Waals surface area contributed by atoms with Gasteiger partial charge in [-0.3, -0.25) is 19.3 Å². The van der Waals surface area contributed by atoms with E-state index < -0.39 is 0 Å². The van der Waals surface area contributed by atoms with Crippen LogP contribution in [0.25, 0.3) is 0 Å². The molecule has 2 aromatic carbocycles. The van der Waals surface area contributed by atoms with Gasteiger partial charge in [-0.05, 0) is 35.9 Å². The summed E-state index contributed by atoms with van der Waals surface area (Å²) in [6.45, 7) is 6.16. The van der Waals surface area contributed by atoms with Crippen molar-refractivity contribution < 1.29 is 14.4 Å². The van der Waals surface area contributed by atoms with Crippen molar-refractivity contribution in [1.29, 1.82) is 5.26 Å². The Bertz CT molecular complexity index is 984. The fourth-order valence-electron chi connectivity index (χ4n) is 3.54. The predicted octanol–water partition coefficient (Wildman–Crippen LogP) is 2.43. The zero-order chi connectivity index (χ0) is 22.4. The Balaban J connectivity index is 1.65. The first-order valence-electron chi connectivity index (χ1n) is 10.0. The van der Waals surface area contributed by atoms with E-state index in [1.807, 2.05) is 24.3 Å². The molecule has 0 aromatic heterocycles. The van der Waals surface area contributed by atoms with Crippen LogP contribution in [0.15, 0.2) is 42.5 Å². The molecule has 3 rings (SSSR count). The van der Waals surface area contributed by atoms with Crippen LogP contribution in [-0.2, 0) is 16.1 Å². The number of rotatable bonds is 5. The highest BCUT2D eigenvalue weighted by Crippen LogP contribution is 2.21. The van der Waals surface area contributed by atoms with Crippen LogP contribution in [0, 0.1) is 11.3 Å². The molecule has 2 N–H and O–H groups in total. The molecule has 8 heteroatoms. The molecule has 0 saturated carbocycles. The molecule has 8 nitrogen and oxygen atoms in total. The third-order valence-corrected chi connectivity index (χ3v) is 4.97. The first-order valence-corrected chi connectivity index (χ1v) is 10.0. The average molecular weight is 419 g/mol. The number of hydrogen-bond acceptors (Lipinski definition) is 5. The molecule has 1 fully saturated rings. The molecule has 1 heterocycles. The Morgan fingerprint density at radius 2 is 1.45 bits per heavy atom. The third-order valence-electron chi connectivity index (χ3n) is 4.97. The van der Waals surface area contributed by atoms with Gasteiger partial charge in [0, 0.05) is 63.5 Å². The lowest BCUT2D eigenvalue weighted by molar-refractivity contribution is -0.115. The van der Waals surface area contributed by atoms with Crippen LogP contribution in [0.5, 0.6) is 0 Å². The minimum absolute atomic E-state index is 0.142. The number of nitrogens with zero attached hydrogens (tertiary/aromatic N) is 3. The maximum absolute atomic E-state index is 13.1. The molecule has 0 radical (unpaired) electrons. The van der Waals surface area contributed by atoms with Crippen LogP contribution in [0.4, 0.5) is 11.4 Å². The smallest absolute Gasteiger partial charge is 0.254 e. The van der Waals surface area contributed by atoms with E-state index in [-0.39, 0.29) is 17.7 Å². The van der Waals surface area contributed by atoms with Crippen molar-refractivity contribution in [2.24, 2.45) is 0 Å². The molecule has 0 aliphatic carbocycles. The number of benzene rings is 2. The number of piperazine rings is 1. The van der Waals surface area contributed by atoms with Crippen LogP contribution >= 0.6 is 0 Å². The minimum Gasteiger partial charge on any atom is -0.336 e. The van der Waals surface area contributed by atoms with Gasteiger partial charge in [-0.15, -0.1) is 0 Å². The summed E-state index contributed by atoms with van der Waals surface area (Å²) in [4.78, 5) is 40.0. The zero-order valence-corrected chi connectivity index (χ0v) is 17.6. The van der Waals surface area contributed by atoms with E-state index in [4.69, 9.17) is 5.26 Å². The molecule has 1 aliphatic heterocycles. The molecule has 0 unspecified atom stereocenters. The fourth-order valence-corrected chi connectivity index (χ4v) is 3.54. The van der Waals surface area contributed by atoms with Crippen molar-refractivity contribution in [3.63, 3.8) is 0 Å². The lowest BCUT2D eigenvalue weighted by atomic mass is 10.1. The molecule has 0 spiro atoms. The van der Waals surface area contributed by atoms with Crippen LogP contribution < -0.4 is 10.6 Å². The average Bonchev–Trinajstić information content (AvgIpc) is 2.73. The second-order valence-electron chi connectivity index (χ2n) is 7.54. The second-order valence-corrected chi connectivity index (χ2v) is 7.54. The monoisotopic (exact) mass is 419 g/mol. The van der Waals surface area contributed by atoms with E-state index >= 15 is 0 Å². The Labute approximate surface area is 181 Å². The van der Waals surface area contributed by atoms with Crippen molar-refractivity contribution in [1.82, 2.24) is 9.80 Å². The van der Waals surface area contributed by atoms with Crippen LogP contribution in [0.2, 0.25) is 0 Å². The highest BCUT2D eigenvalue weighted by Gasteiger charge is 2.23. The quantitative estimate of drug-likeness (QED) is 0.774. The first kappa shape index (κ1) is 22.0. The van der Waals surface area contributed by atoms with Gasteiger partial charge in [-0.25, -0.2) is 0 Å². The van der Waals surface area contributed by atoms with E-state index in [2.05, 4.69) is 21.6 Å². The summed E-state index contributed by atoms with van der Waals surface area (Å²) >= 11 is 0. The van der Waals surface area contributed by atoms with Gasteiger partial charge >= 0.3 is 0 Å². The lowest BCUT2D eigenvalue weighted by Crippen LogP contribution is -2.48. The number of anilines is 2. The first-order chi connectivity index (χ1) is 14.8. The Morgan fingerprint density at radius 1 is 0.903 bits per heavy atom. The standard InChI is InChI=1S/C23H25N5O3/c1-16(29)25-21-11-20(12-22(13-21)26-17(2)30)23(31)28-9-7-27(8-10-28)15-19-5-3-18(14-24)4-6-19/h3-6,11-13H,7-10,15H2,1-2H3,(H,25,29)(H,26,30). The molecule has 0 bridgehead atoms. The van der Waals surface area contributed by atoms with Crippen molar-refractivity contribution in [2.45, 2.75) is 20.4 Å². The Hall–Kier alpha value is -3.70. The van der Waals surface area contributed by atoms with Crippen LogP contribution in [-0.4, -0.2) is 53.7 Å². The maximum Gasteiger partial charge on any atom is 0.254 e. The van der Waals surface area contributed by atoms with Gasteiger partial charge in [0.25, 0.3) is 5.91 Å². The van der Waals surface area contributed by atoms with E-state index in [1.54, 1.807) is 23.1 Å². The maximum atomic E-state index is 13.1. The molecule has 2 aromatic rings. The zero-order valence-electron chi connectivity index (χ0n) is 17.6. The summed E-state index contributed by atoms with van der Waals surface area (Å²) in [5.74, 6) is -0.651. The number of nitrogens with one attached hydrogen (secondary N) is 2. The Morgan fingerprint density at radius 3 is 1.94 bits per heavy atom. The fraction of sp³-hybridized carbons (Fsp3) is 0.304. The van der Waals surface area contributed by atoms with Crippen LogP contribution in [0.1, 0.15) is 35.3 Å². The summed E-state index contributed by atoms with van der Waals surface area (Å²) < 4.78 is 0. The molecular formula is C23H25N5O3. The van der Waals surface area contributed by atoms with E-state index in [1.165, 1.54) is 13.8 Å². The molecule has 0 atom stereocenters. The SMILES string of the molecule is CC(=O)Nc1cc(NC(C)=O)cc(C(=O)N2CCN(Cc3ccc(C#N)cc3)CC2)c1. The van der Waals surface area contributed by atoms with Gasteiger partial charge < -0.3 is 15.5 Å². The normalized spacial score (nSPS) is 13.9. The molecule has 1 saturated heterocycles. The van der Waals surface area contributed by atoms with Gasteiger partial charge in [-0.2, -0.15) is 5.26 Å².